The minimum atomic E-state index is -2.34. The average molecular weight is 534 g/mol. The van der Waals surface area contributed by atoms with E-state index in [1.807, 2.05) is 0 Å². The first-order valence-electron chi connectivity index (χ1n) is 7.72. The summed E-state index contributed by atoms with van der Waals surface area (Å²) in [5.74, 6) is -12.1. The van der Waals surface area contributed by atoms with Crippen molar-refractivity contribution in [1.29, 1.82) is 0 Å². The molecule has 30 heavy (non-hydrogen) atoms. The molecule has 0 saturated carbocycles. The third-order valence-corrected chi connectivity index (χ3v) is 4.39. The number of Topliss-reactive ketones (excluding diaryl/α,β-unsaturated/α-hetero) is 1. The molecule has 0 unspecified atom stereocenters. The maximum atomic E-state index is 13.7. The number of hydrogen-bond donors (Lipinski definition) is 1. The molecular formula is C19H7BrCuF5N2O2. The first-order valence-corrected chi connectivity index (χ1v) is 8.51. The van der Waals surface area contributed by atoms with E-state index in [-0.39, 0.29) is 38.2 Å². The second kappa shape index (κ2) is 9.46. The fourth-order valence-electron chi connectivity index (χ4n) is 2.45. The molecule has 1 N–H and O–H groups in total. The van der Waals surface area contributed by atoms with Crippen molar-refractivity contribution in [3.63, 3.8) is 0 Å². The van der Waals surface area contributed by atoms with Gasteiger partial charge in [0.15, 0.2) is 29.1 Å². The molecule has 0 bridgehead atoms. The molecule has 0 radical (unpaired) electrons. The van der Waals surface area contributed by atoms with E-state index >= 15 is 0 Å². The molecule has 0 saturated heterocycles. The van der Waals surface area contributed by atoms with Gasteiger partial charge in [-0.05, 0) is 21.5 Å². The molecule has 1 heterocycles. The van der Waals surface area contributed by atoms with Gasteiger partial charge in [0.2, 0.25) is 11.4 Å². The van der Waals surface area contributed by atoms with Crippen LogP contribution in [0.1, 0.15) is 10.4 Å². The number of aromatic nitrogens is 1. The van der Waals surface area contributed by atoms with Crippen LogP contribution in [-0.2, 0) is 17.1 Å². The number of benzene rings is 2. The van der Waals surface area contributed by atoms with Gasteiger partial charge in [0, 0.05) is 16.2 Å². The van der Waals surface area contributed by atoms with Crippen LogP contribution >= 0.6 is 15.9 Å². The number of rotatable bonds is 4. The summed E-state index contributed by atoms with van der Waals surface area (Å²) in [5.41, 5.74) is -2.30. The van der Waals surface area contributed by atoms with Crippen molar-refractivity contribution in [3.8, 4) is 11.1 Å². The molecule has 11 heteroatoms. The summed E-state index contributed by atoms with van der Waals surface area (Å²) in [6.07, 6.45) is 1.53. The minimum Gasteiger partial charge on any atom is -0.335 e. The van der Waals surface area contributed by atoms with Crippen molar-refractivity contribution in [2.75, 3.05) is 0 Å². The Bertz CT molecular complexity index is 1190. The van der Waals surface area contributed by atoms with Gasteiger partial charge < -0.3 is 4.98 Å². The number of nitrogens with zero attached hydrogens (tertiary/aromatic N) is 1. The zero-order valence-electron chi connectivity index (χ0n) is 14.3. The van der Waals surface area contributed by atoms with Gasteiger partial charge in [0.05, 0.1) is 6.21 Å². The molecule has 158 valence electrons. The number of H-pyrrole nitrogens is 1. The topological polar surface area (TPSA) is 62.3 Å². The summed E-state index contributed by atoms with van der Waals surface area (Å²) in [5, 5.41) is 0. The van der Waals surface area contributed by atoms with E-state index in [2.05, 4.69) is 32.0 Å². The summed E-state index contributed by atoms with van der Waals surface area (Å²) in [4.78, 5) is 30.4. The van der Waals surface area contributed by atoms with Gasteiger partial charge >= 0.3 is 17.1 Å². The van der Waals surface area contributed by atoms with Crippen molar-refractivity contribution in [2.45, 2.75) is 0 Å². The number of hydrogen-bond acceptors (Lipinski definition) is 3. The molecule has 0 atom stereocenters. The SMILES string of the molecule is O=C(C=Nc1c(F)c(F)c(F)c(F)c1F)c1c(Br)c[nH]c(=O)c1-c1[c-]cccc1.[Cu+]. The number of aliphatic imine (C=N–C) groups is 1. The van der Waals surface area contributed by atoms with Gasteiger partial charge in [-0.25, -0.2) is 26.9 Å². The largest absolute Gasteiger partial charge is 1.00 e. The first-order chi connectivity index (χ1) is 13.7. The second-order valence-electron chi connectivity index (χ2n) is 5.53. The van der Waals surface area contributed by atoms with Crippen molar-refractivity contribution in [2.24, 2.45) is 4.99 Å². The van der Waals surface area contributed by atoms with Gasteiger partial charge in [0.1, 0.15) is 5.69 Å². The van der Waals surface area contributed by atoms with E-state index in [4.69, 9.17) is 0 Å². The quantitative estimate of drug-likeness (QED) is 0.0988. The third kappa shape index (κ3) is 4.28. The summed E-state index contributed by atoms with van der Waals surface area (Å²) < 4.78 is 67.2. The number of ketones is 1. The van der Waals surface area contributed by atoms with Gasteiger partial charge in [-0.1, -0.05) is 0 Å². The molecule has 2 aromatic carbocycles. The number of carbonyl (C=O) groups excluding carboxylic acids is 1. The van der Waals surface area contributed by atoms with Gasteiger partial charge in [-0.15, -0.1) is 35.9 Å². The number of halogens is 6. The van der Waals surface area contributed by atoms with E-state index in [9.17, 15) is 31.5 Å². The Morgan fingerprint density at radius 3 is 2.20 bits per heavy atom. The van der Waals surface area contributed by atoms with E-state index < -0.39 is 46.1 Å². The molecule has 0 spiro atoms. The van der Waals surface area contributed by atoms with E-state index in [1.165, 1.54) is 12.1 Å². The molecule has 0 fully saturated rings. The van der Waals surface area contributed by atoms with Crippen LogP contribution in [0.3, 0.4) is 0 Å². The number of carbonyl (C=O) groups is 1. The van der Waals surface area contributed by atoms with Crippen molar-refractivity contribution in [1.82, 2.24) is 4.98 Å². The Balaban J connectivity index is 0.00000320. The third-order valence-electron chi connectivity index (χ3n) is 3.77. The van der Waals surface area contributed by atoms with Crippen LogP contribution in [0.5, 0.6) is 0 Å². The van der Waals surface area contributed by atoms with Gasteiger partial charge in [0.25, 0.3) is 0 Å². The molecule has 3 rings (SSSR count). The predicted octanol–water partition coefficient (Wildman–Crippen LogP) is 4.88. The number of nitrogens with one attached hydrogen (secondary N) is 1. The smallest absolute Gasteiger partial charge is 0.335 e. The molecule has 3 aromatic rings. The summed E-state index contributed by atoms with van der Waals surface area (Å²) >= 11 is 3.08. The van der Waals surface area contributed by atoms with Crippen LogP contribution in [0.25, 0.3) is 11.1 Å². The monoisotopic (exact) mass is 532 g/mol. The Labute approximate surface area is 184 Å². The maximum Gasteiger partial charge on any atom is 1.00 e. The molecule has 1 aromatic heterocycles. The summed E-state index contributed by atoms with van der Waals surface area (Å²) in [7, 11) is 0. The normalized spacial score (nSPS) is 10.9. The van der Waals surface area contributed by atoms with Crippen LogP contribution < -0.4 is 5.56 Å². The van der Waals surface area contributed by atoms with Crippen molar-refractivity contribution >= 4 is 33.6 Å². The molecule has 4 nitrogen and oxygen atoms in total. The van der Waals surface area contributed by atoms with Crippen LogP contribution in [0.4, 0.5) is 27.6 Å². The Morgan fingerprint density at radius 2 is 1.63 bits per heavy atom. The zero-order chi connectivity index (χ0) is 21.3. The average Bonchev–Trinajstić information content (AvgIpc) is 2.72. The van der Waals surface area contributed by atoms with Crippen molar-refractivity contribution < 1.29 is 43.8 Å². The molecule has 0 amide bonds. The molecule has 0 aliphatic carbocycles. The van der Waals surface area contributed by atoms with Crippen molar-refractivity contribution in [3.05, 3.63) is 86.0 Å². The van der Waals surface area contributed by atoms with Crippen LogP contribution in [0.15, 0.2) is 44.7 Å². The van der Waals surface area contributed by atoms with Crippen LogP contribution in [0.2, 0.25) is 0 Å². The fraction of sp³-hybridized carbons (Fsp3) is 0. The summed E-state index contributed by atoms with van der Waals surface area (Å²) in [6.45, 7) is 0. The van der Waals surface area contributed by atoms with E-state index in [1.54, 1.807) is 12.1 Å². The Hall–Kier alpha value is -2.62. The van der Waals surface area contributed by atoms with Gasteiger partial charge in [-0.3, -0.25) is 9.59 Å². The zero-order valence-corrected chi connectivity index (χ0v) is 16.8. The standard InChI is InChI=1S/C19H7BrF5N2O2.Cu/c20-9-6-27-19(29)11(8-4-2-1-3-5-8)12(9)10(28)7-26-18-16(24)14(22)13(21)15(23)17(18)25;/h1-4,6-7H,(H,27,29);/q-1;+1. The van der Waals surface area contributed by atoms with E-state index in [0.717, 1.165) is 6.20 Å². The minimum absolute atomic E-state index is 0. The first kappa shape index (κ1) is 23.7. The molecule has 0 aliphatic heterocycles. The van der Waals surface area contributed by atoms with Crippen LogP contribution in [-0.4, -0.2) is 17.0 Å². The Morgan fingerprint density at radius 1 is 1.03 bits per heavy atom. The fourth-order valence-corrected chi connectivity index (χ4v) is 2.96. The van der Waals surface area contributed by atoms with Gasteiger partial charge in [-0.2, -0.15) is 0 Å². The van der Waals surface area contributed by atoms with Crippen LogP contribution in [0, 0.1) is 35.2 Å². The maximum absolute atomic E-state index is 13.7. The van der Waals surface area contributed by atoms with E-state index in [0.29, 0.717) is 6.21 Å². The number of aromatic amines is 1. The molecule has 0 aliphatic rings. The predicted molar refractivity (Wildman–Crippen MR) is 97.7 cm³/mol. The molecular weight excluding hydrogens is 527 g/mol. The summed E-state index contributed by atoms with van der Waals surface area (Å²) in [6, 6.07) is 8.96. The number of pyridine rings is 1. The second-order valence-corrected chi connectivity index (χ2v) is 6.39. The Kier molecular flexibility index (Phi) is 7.46.